The summed E-state index contributed by atoms with van der Waals surface area (Å²) in [6, 6.07) is 23.6. The number of hydrogen-bond donors (Lipinski definition) is 1. The van der Waals surface area contributed by atoms with E-state index < -0.39 is 0 Å². The van der Waals surface area contributed by atoms with Gasteiger partial charge in [-0.3, -0.25) is 9.59 Å². The van der Waals surface area contributed by atoms with Crippen molar-refractivity contribution in [1.82, 2.24) is 0 Å². The van der Waals surface area contributed by atoms with E-state index in [1.165, 1.54) is 11.8 Å². The summed E-state index contributed by atoms with van der Waals surface area (Å²) in [6.45, 7) is 2.15. The van der Waals surface area contributed by atoms with Crippen molar-refractivity contribution in [2.45, 2.75) is 6.92 Å². The number of carbonyl (C=O) groups excluding carboxylic acids is 2. The second-order valence-electron chi connectivity index (χ2n) is 6.59. The molecule has 0 atom stereocenters. The summed E-state index contributed by atoms with van der Waals surface area (Å²) in [6.07, 6.45) is 0. The molecule has 3 rings (SSSR count). The van der Waals surface area contributed by atoms with Gasteiger partial charge in [0.05, 0.1) is 5.56 Å². The molecule has 0 aliphatic rings. The molecule has 30 heavy (non-hydrogen) atoms. The molecule has 0 spiro atoms. The molecule has 0 saturated carbocycles. The predicted molar refractivity (Wildman–Crippen MR) is 117 cm³/mol. The van der Waals surface area contributed by atoms with Gasteiger partial charge in [0.2, 0.25) is 5.91 Å². The zero-order chi connectivity index (χ0) is 21.3. The highest BCUT2D eigenvalue weighted by molar-refractivity contribution is 6.06. The van der Waals surface area contributed by atoms with Crippen LogP contribution in [0, 0.1) is 0 Å². The minimum absolute atomic E-state index is 0.0880. The highest BCUT2D eigenvalue weighted by Gasteiger charge is 2.13. The maximum atomic E-state index is 12.8. The highest BCUT2D eigenvalue weighted by atomic mass is 16.5. The van der Waals surface area contributed by atoms with Gasteiger partial charge >= 0.3 is 0 Å². The number of hydrogen-bond acceptors (Lipinski definition) is 4. The van der Waals surface area contributed by atoms with Gasteiger partial charge in [0.25, 0.3) is 5.91 Å². The fraction of sp³-hybridized carbons (Fsp3) is 0.167. The second kappa shape index (κ2) is 10.1. The first-order valence-electron chi connectivity index (χ1n) is 9.60. The summed E-state index contributed by atoms with van der Waals surface area (Å²) < 4.78 is 11.4. The van der Waals surface area contributed by atoms with Crippen LogP contribution in [-0.4, -0.2) is 32.1 Å². The minimum Gasteiger partial charge on any atom is -0.490 e. The number of nitrogens with zero attached hydrogens (tertiary/aromatic N) is 1. The number of nitrogens with one attached hydrogen (secondary N) is 1. The largest absolute Gasteiger partial charge is 0.490 e. The number of amides is 2. The molecule has 3 aromatic carbocycles. The van der Waals surface area contributed by atoms with Gasteiger partial charge in [0.15, 0.2) is 0 Å². The van der Waals surface area contributed by atoms with Crippen molar-refractivity contribution in [2.75, 3.05) is 30.5 Å². The van der Waals surface area contributed by atoms with E-state index >= 15 is 0 Å². The van der Waals surface area contributed by atoms with E-state index in [0.717, 1.165) is 5.75 Å². The number of benzene rings is 3. The smallest absolute Gasteiger partial charge is 0.259 e. The molecule has 0 bridgehead atoms. The molecule has 0 aliphatic carbocycles. The minimum atomic E-state index is -0.294. The number of ether oxygens (including phenoxy) is 2. The molecule has 0 radical (unpaired) electrons. The highest BCUT2D eigenvalue weighted by Crippen LogP contribution is 2.22. The zero-order valence-electron chi connectivity index (χ0n) is 17.0. The molecule has 1 N–H and O–H groups in total. The summed E-state index contributed by atoms with van der Waals surface area (Å²) >= 11 is 0. The fourth-order valence-electron chi connectivity index (χ4n) is 2.78. The van der Waals surface area contributed by atoms with E-state index in [1.807, 2.05) is 36.4 Å². The topological polar surface area (TPSA) is 67.9 Å². The Hall–Kier alpha value is -3.80. The average molecular weight is 404 g/mol. The van der Waals surface area contributed by atoms with Crippen LogP contribution < -0.4 is 19.7 Å². The van der Waals surface area contributed by atoms with Gasteiger partial charge in [-0.1, -0.05) is 36.4 Å². The predicted octanol–water partition coefficient (Wildman–Crippen LogP) is 4.38. The second-order valence-corrected chi connectivity index (χ2v) is 6.59. The molecular formula is C24H24N2O4. The van der Waals surface area contributed by atoms with Crippen LogP contribution in [0.5, 0.6) is 11.5 Å². The average Bonchev–Trinajstić information content (AvgIpc) is 2.77. The Morgan fingerprint density at radius 2 is 1.57 bits per heavy atom. The summed E-state index contributed by atoms with van der Waals surface area (Å²) in [5, 5.41) is 2.86. The molecule has 0 heterocycles. The van der Waals surface area contributed by atoms with Gasteiger partial charge in [-0.2, -0.15) is 0 Å². The zero-order valence-corrected chi connectivity index (χ0v) is 17.0. The fourth-order valence-corrected chi connectivity index (χ4v) is 2.78. The van der Waals surface area contributed by atoms with E-state index in [4.69, 9.17) is 9.47 Å². The Morgan fingerprint density at radius 3 is 2.33 bits per heavy atom. The van der Waals surface area contributed by atoms with Crippen LogP contribution in [0.15, 0.2) is 78.9 Å². The molecule has 154 valence electrons. The Bertz CT molecular complexity index is 1000. The third kappa shape index (κ3) is 5.61. The first-order chi connectivity index (χ1) is 14.5. The van der Waals surface area contributed by atoms with Crippen molar-refractivity contribution in [2.24, 2.45) is 0 Å². The van der Waals surface area contributed by atoms with Crippen molar-refractivity contribution < 1.29 is 19.1 Å². The van der Waals surface area contributed by atoms with E-state index in [9.17, 15) is 9.59 Å². The van der Waals surface area contributed by atoms with Gasteiger partial charge < -0.3 is 19.7 Å². The Morgan fingerprint density at radius 1 is 0.867 bits per heavy atom. The molecule has 0 fully saturated rings. The van der Waals surface area contributed by atoms with E-state index in [1.54, 1.807) is 49.5 Å². The van der Waals surface area contributed by atoms with Crippen molar-refractivity contribution >= 4 is 23.2 Å². The summed E-state index contributed by atoms with van der Waals surface area (Å²) in [4.78, 5) is 25.9. The van der Waals surface area contributed by atoms with Crippen LogP contribution in [0.2, 0.25) is 0 Å². The van der Waals surface area contributed by atoms with Crippen molar-refractivity contribution in [3.05, 3.63) is 84.4 Å². The third-order valence-electron chi connectivity index (χ3n) is 4.45. The van der Waals surface area contributed by atoms with Crippen LogP contribution in [0.4, 0.5) is 11.4 Å². The third-order valence-corrected chi connectivity index (χ3v) is 4.45. The molecule has 6 nitrogen and oxygen atoms in total. The van der Waals surface area contributed by atoms with Gasteiger partial charge in [-0.25, -0.2) is 0 Å². The van der Waals surface area contributed by atoms with Crippen LogP contribution >= 0.6 is 0 Å². The monoisotopic (exact) mass is 404 g/mol. The van der Waals surface area contributed by atoms with E-state index in [2.05, 4.69) is 5.32 Å². The van der Waals surface area contributed by atoms with Crippen LogP contribution in [0.25, 0.3) is 0 Å². The van der Waals surface area contributed by atoms with E-state index in [0.29, 0.717) is 35.9 Å². The SMILES string of the molecule is CC(=O)N(C)c1cccc(NC(=O)c2ccccc2OCCOc2ccccc2)c1. The molecule has 3 aromatic rings. The lowest BCUT2D eigenvalue weighted by Crippen LogP contribution is -2.23. The van der Waals surface area contributed by atoms with Crippen molar-refractivity contribution in [1.29, 1.82) is 0 Å². The molecular weight excluding hydrogens is 380 g/mol. The first-order valence-corrected chi connectivity index (χ1v) is 9.60. The molecule has 2 amide bonds. The lowest BCUT2D eigenvalue weighted by atomic mass is 10.1. The summed E-state index contributed by atoms with van der Waals surface area (Å²) in [7, 11) is 1.68. The van der Waals surface area contributed by atoms with Gasteiger partial charge in [-0.15, -0.1) is 0 Å². The standard InChI is InChI=1S/C24H24N2O4/c1-18(27)26(2)20-10-8-9-19(17-20)25-24(28)22-13-6-7-14-23(22)30-16-15-29-21-11-4-3-5-12-21/h3-14,17H,15-16H2,1-2H3,(H,25,28). The van der Waals surface area contributed by atoms with E-state index in [-0.39, 0.29) is 11.8 Å². The van der Waals surface area contributed by atoms with Gasteiger partial charge in [0, 0.05) is 25.3 Å². The van der Waals surface area contributed by atoms with Crippen LogP contribution in [-0.2, 0) is 4.79 Å². The summed E-state index contributed by atoms with van der Waals surface area (Å²) in [5.74, 6) is 0.860. The van der Waals surface area contributed by atoms with Crippen LogP contribution in [0.1, 0.15) is 17.3 Å². The quantitative estimate of drug-likeness (QED) is 0.566. The van der Waals surface area contributed by atoms with Crippen molar-refractivity contribution in [3.63, 3.8) is 0 Å². The normalized spacial score (nSPS) is 10.2. The molecule has 0 aromatic heterocycles. The lowest BCUT2D eigenvalue weighted by molar-refractivity contribution is -0.116. The molecule has 0 aliphatic heterocycles. The van der Waals surface area contributed by atoms with Crippen LogP contribution in [0.3, 0.4) is 0 Å². The van der Waals surface area contributed by atoms with Crippen molar-refractivity contribution in [3.8, 4) is 11.5 Å². The number of anilines is 2. The first kappa shape index (κ1) is 20.9. The van der Waals surface area contributed by atoms with Gasteiger partial charge in [-0.05, 0) is 42.5 Å². The Labute approximate surface area is 176 Å². The Kier molecular flexibility index (Phi) is 7.05. The Balaban J connectivity index is 1.62. The van der Waals surface area contributed by atoms with Gasteiger partial charge in [0.1, 0.15) is 24.7 Å². The number of carbonyl (C=O) groups is 2. The maximum absolute atomic E-state index is 12.8. The molecule has 0 saturated heterocycles. The summed E-state index contributed by atoms with van der Waals surface area (Å²) in [5.41, 5.74) is 1.71. The number of rotatable bonds is 8. The molecule has 6 heteroatoms. The lowest BCUT2D eigenvalue weighted by Gasteiger charge is -2.16. The maximum Gasteiger partial charge on any atom is 0.259 e. The molecule has 0 unspecified atom stereocenters. The number of para-hydroxylation sites is 2.